The van der Waals surface area contributed by atoms with Crippen LogP contribution in [-0.4, -0.2) is 13.3 Å². The van der Waals surface area contributed by atoms with E-state index in [2.05, 4.69) is 31.2 Å². The molecule has 0 bridgehead atoms. The van der Waals surface area contributed by atoms with Gasteiger partial charge in [0.05, 0.1) is 7.11 Å². The summed E-state index contributed by atoms with van der Waals surface area (Å²) in [6.45, 7) is 8.25. The molecule has 0 amide bonds. The van der Waals surface area contributed by atoms with Gasteiger partial charge >= 0.3 is 6.16 Å². The number of unbranched alkanes of at least 4 members (excludes halogenated alkanes) is 1. The number of hydrogen-bond donors (Lipinski definition) is 0. The molecular formula is C15H24O3. The summed E-state index contributed by atoms with van der Waals surface area (Å²) in [6, 6.07) is 0. The van der Waals surface area contributed by atoms with Gasteiger partial charge in [-0.2, -0.15) is 0 Å². The highest BCUT2D eigenvalue weighted by molar-refractivity contribution is 5.61. The largest absolute Gasteiger partial charge is 0.513 e. The molecular weight excluding hydrogens is 228 g/mol. The van der Waals surface area contributed by atoms with E-state index in [9.17, 15) is 4.79 Å². The molecule has 2 atom stereocenters. The molecule has 0 fully saturated rings. The van der Waals surface area contributed by atoms with Crippen LogP contribution in [0.4, 0.5) is 4.79 Å². The van der Waals surface area contributed by atoms with Gasteiger partial charge in [0.2, 0.25) is 0 Å². The smallest absolute Gasteiger partial charge is 0.437 e. The van der Waals surface area contributed by atoms with Crippen LogP contribution in [0, 0.1) is 11.3 Å². The second-order valence-electron chi connectivity index (χ2n) is 5.29. The fourth-order valence-electron chi connectivity index (χ4n) is 2.45. The van der Waals surface area contributed by atoms with Gasteiger partial charge in [0.25, 0.3) is 0 Å². The summed E-state index contributed by atoms with van der Waals surface area (Å²) in [6.07, 6.45) is 8.54. The number of carbonyl (C=O) groups is 1. The average molecular weight is 252 g/mol. The summed E-state index contributed by atoms with van der Waals surface area (Å²) in [7, 11) is 1.33. The minimum absolute atomic E-state index is 0.102. The lowest BCUT2D eigenvalue weighted by Crippen LogP contribution is -2.28. The number of rotatable bonds is 5. The topological polar surface area (TPSA) is 35.5 Å². The summed E-state index contributed by atoms with van der Waals surface area (Å²) < 4.78 is 9.70. The Morgan fingerprint density at radius 2 is 2.39 bits per heavy atom. The Bertz CT molecular complexity index is 333. The molecule has 0 aromatic heterocycles. The summed E-state index contributed by atoms with van der Waals surface area (Å²) in [5.41, 5.74) is 0.102. The molecule has 0 radical (unpaired) electrons. The minimum Gasteiger partial charge on any atom is -0.437 e. The minimum atomic E-state index is -0.621. The van der Waals surface area contributed by atoms with E-state index in [-0.39, 0.29) is 5.41 Å². The first-order valence-corrected chi connectivity index (χ1v) is 6.60. The molecule has 3 nitrogen and oxygen atoms in total. The zero-order valence-corrected chi connectivity index (χ0v) is 11.7. The van der Waals surface area contributed by atoms with Gasteiger partial charge in [0.15, 0.2) is 0 Å². The van der Waals surface area contributed by atoms with Crippen molar-refractivity contribution in [2.24, 2.45) is 11.3 Å². The molecule has 1 aliphatic rings. The van der Waals surface area contributed by atoms with Gasteiger partial charge in [-0.3, -0.25) is 0 Å². The van der Waals surface area contributed by atoms with Crippen molar-refractivity contribution in [3.8, 4) is 0 Å². The zero-order valence-electron chi connectivity index (χ0n) is 11.7. The summed E-state index contributed by atoms with van der Waals surface area (Å²) >= 11 is 0. The van der Waals surface area contributed by atoms with E-state index in [1.807, 2.05) is 6.08 Å². The lowest BCUT2D eigenvalue weighted by atomic mass is 9.69. The Balaban J connectivity index is 2.70. The highest BCUT2D eigenvalue weighted by atomic mass is 16.7. The maximum absolute atomic E-state index is 11.1. The van der Waals surface area contributed by atoms with Gasteiger partial charge in [-0.05, 0) is 43.1 Å². The zero-order chi connectivity index (χ0) is 13.6. The Morgan fingerprint density at radius 1 is 1.67 bits per heavy atom. The summed E-state index contributed by atoms with van der Waals surface area (Å²) in [5.74, 6) is 1.35. The average Bonchev–Trinajstić information content (AvgIpc) is 2.34. The lowest BCUT2D eigenvalue weighted by molar-refractivity contribution is 0.0860. The van der Waals surface area contributed by atoms with Crippen molar-refractivity contribution >= 4 is 6.16 Å². The van der Waals surface area contributed by atoms with Crippen LogP contribution in [0.25, 0.3) is 0 Å². The summed E-state index contributed by atoms with van der Waals surface area (Å²) in [5, 5.41) is 0. The van der Waals surface area contributed by atoms with E-state index in [0.717, 1.165) is 37.9 Å². The third-order valence-electron chi connectivity index (χ3n) is 3.95. The number of carbonyl (C=O) groups excluding carboxylic acids is 1. The maximum Gasteiger partial charge on any atom is 0.513 e. The van der Waals surface area contributed by atoms with Crippen LogP contribution in [0.3, 0.4) is 0 Å². The molecule has 0 saturated carbocycles. The van der Waals surface area contributed by atoms with Crippen molar-refractivity contribution in [3.05, 3.63) is 24.5 Å². The van der Waals surface area contributed by atoms with Crippen LogP contribution in [0.1, 0.15) is 46.0 Å². The molecule has 1 rings (SSSR count). The van der Waals surface area contributed by atoms with Crippen molar-refractivity contribution in [1.82, 2.24) is 0 Å². The Morgan fingerprint density at radius 3 is 3.00 bits per heavy atom. The molecule has 1 aliphatic carbocycles. The fourth-order valence-corrected chi connectivity index (χ4v) is 2.45. The monoisotopic (exact) mass is 252 g/mol. The van der Waals surface area contributed by atoms with Gasteiger partial charge in [-0.25, -0.2) is 4.79 Å². The fraction of sp³-hybridized carbons (Fsp3) is 0.667. The molecule has 0 spiro atoms. The number of ether oxygens (including phenoxy) is 2. The normalized spacial score (nSPS) is 27.3. The Kier molecular flexibility index (Phi) is 5.45. The molecule has 0 unspecified atom stereocenters. The molecule has 0 aromatic rings. The molecule has 0 N–H and O–H groups in total. The van der Waals surface area contributed by atoms with Gasteiger partial charge < -0.3 is 9.47 Å². The summed E-state index contributed by atoms with van der Waals surface area (Å²) in [4.78, 5) is 11.1. The highest BCUT2D eigenvalue weighted by Crippen LogP contribution is 2.42. The predicted octanol–water partition coefficient (Wildman–Crippen LogP) is 4.45. The highest BCUT2D eigenvalue weighted by Gasteiger charge is 2.33. The number of methoxy groups -OCH3 is 1. The SMILES string of the molecule is C=CCCC[C@]1(C)C=C(OC(=O)OC)CC[C@H]1C. The van der Waals surface area contributed by atoms with Crippen LogP contribution in [-0.2, 0) is 9.47 Å². The van der Waals surface area contributed by atoms with Crippen LogP contribution in [0.5, 0.6) is 0 Å². The van der Waals surface area contributed by atoms with Crippen molar-refractivity contribution in [2.75, 3.05) is 7.11 Å². The molecule has 3 heteroatoms. The van der Waals surface area contributed by atoms with Crippen molar-refractivity contribution in [3.63, 3.8) is 0 Å². The van der Waals surface area contributed by atoms with Gasteiger partial charge in [-0.1, -0.05) is 19.9 Å². The van der Waals surface area contributed by atoms with Crippen LogP contribution in [0.2, 0.25) is 0 Å². The van der Waals surface area contributed by atoms with Crippen molar-refractivity contribution in [1.29, 1.82) is 0 Å². The lowest BCUT2D eigenvalue weighted by Gasteiger charge is -2.37. The first kappa shape index (κ1) is 14.8. The second kappa shape index (κ2) is 6.62. The first-order chi connectivity index (χ1) is 8.51. The predicted molar refractivity (Wildman–Crippen MR) is 72.1 cm³/mol. The van der Waals surface area contributed by atoms with Crippen LogP contribution < -0.4 is 0 Å². The maximum atomic E-state index is 11.1. The molecule has 102 valence electrons. The first-order valence-electron chi connectivity index (χ1n) is 6.60. The van der Waals surface area contributed by atoms with Crippen molar-refractivity contribution in [2.45, 2.75) is 46.0 Å². The van der Waals surface area contributed by atoms with E-state index >= 15 is 0 Å². The van der Waals surface area contributed by atoms with E-state index in [1.54, 1.807) is 0 Å². The third kappa shape index (κ3) is 3.90. The van der Waals surface area contributed by atoms with E-state index < -0.39 is 6.16 Å². The Hall–Kier alpha value is -1.25. The second-order valence-corrected chi connectivity index (χ2v) is 5.29. The quantitative estimate of drug-likeness (QED) is 0.412. The van der Waals surface area contributed by atoms with Crippen LogP contribution in [0.15, 0.2) is 24.5 Å². The Labute approximate surface area is 110 Å². The molecule has 18 heavy (non-hydrogen) atoms. The molecule has 0 aromatic carbocycles. The van der Waals surface area contributed by atoms with E-state index in [1.165, 1.54) is 7.11 Å². The van der Waals surface area contributed by atoms with Crippen LogP contribution >= 0.6 is 0 Å². The van der Waals surface area contributed by atoms with Gasteiger partial charge in [0.1, 0.15) is 5.76 Å². The van der Waals surface area contributed by atoms with Crippen molar-refractivity contribution < 1.29 is 14.3 Å². The van der Waals surface area contributed by atoms with E-state index in [0.29, 0.717) is 5.92 Å². The molecule has 0 aliphatic heterocycles. The third-order valence-corrected chi connectivity index (χ3v) is 3.95. The number of allylic oxidation sites excluding steroid dienone is 3. The number of hydrogen-bond acceptors (Lipinski definition) is 3. The van der Waals surface area contributed by atoms with Gasteiger partial charge in [-0.15, -0.1) is 6.58 Å². The standard InChI is InChI=1S/C15H24O3/c1-5-6-7-10-15(3)11-13(9-8-12(15)2)18-14(16)17-4/h5,11-12H,1,6-10H2,2-4H3/t12-,15-/m1/s1. The van der Waals surface area contributed by atoms with Gasteiger partial charge in [0, 0.05) is 6.42 Å². The van der Waals surface area contributed by atoms with E-state index in [4.69, 9.17) is 4.74 Å². The molecule has 0 heterocycles. The molecule has 0 saturated heterocycles.